The van der Waals surface area contributed by atoms with Crippen LogP contribution in [-0.4, -0.2) is 16.9 Å². The molecular formula is C16H12O3. The van der Waals surface area contributed by atoms with Crippen molar-refractivity contribution in [1.29, 1.82) is 0 Å². The summed E-state index contributed by atoms with van der Waals surface area (Å²) in [5, 5.41) is 8.77. The molecule has 0 amide bonds. The van der Waals surface area contributed by atoms with E-state index < -0.39 is 11.8 Å². The maximum atomic E-state index is 11.5. The van der Waals surface area contributed by atoms with Crippen LogP contribution < -0.4 is 0 Å². The molecule has 0 bridgehead atoms. The molecule has 3 heteroatoms. The van der Waals surface area contributed by atoms with Crippen LogP contribution in [0.15, 0.2) is 54.6 Å². The Morgan fingerprint density at radius 3 is 2.16 bits per heavy atom. The summed E-state index contributed by atoms with van der Waals surface area (Å²) in [7, 11) is 0. The van der Waals surface area contributed by atoms with Crippen molar-refractivity contribution in [2.24, 2.45) is 0 Å². The minimum absolute atomic E-state index is 0.196. The summed E-state index contributed by atoms with van der Waals surface area (Å²) in [6, 6.07) is 16.2. The molecule has 3 nitrogen and oxygen atoms in total. The van der Waals surface area contributed by atoms with E-state index in [1.54, 1.807) is 24.3 Å². The van der Waals surface area contributed by atoms with E-state index in [2.05, 4.69) is 0 Å². The van der Waals surface area contributed by atoms with Crippen molar-refractivity contribution in [1.82, 2.24) is 0 Å². The Balaban J connectivity index is 2.33. The molecule has 19 heavy (non-hydrogen) atoms. The van der Waals surface area contributed by atoms with E-state index in [9.17, 15) is 9.59 Å². The predicted octanol–water partition coefficient (Wildman–Crippen LogP) is 3.12. The van der Waals surface area contributed by atoms with Crippen LogP contribution in [0, 0.1) is 0 Å². The third-order valence-electron chi connectivity index (χ3n) is 2.65. The van der Waals surface area contributed by atoms with Crippen LogP contribution in [0.2, 0.25) is 0 Å². The van der Waals surface area contributed by atoms with Crippen molar-refractivity contribution in [2.75, 3.05) is 0 Å². The highest BCUT2D eigenvalue weighted by atomic mass is 16.4. The number of aliphatic carboxylic acids is 1. The van der Waals surface area contributed by atoms with Gasteiger partial charge in [0.1, 0.15) is 0 Å². The summed E-state index contributed by atoms with van der Waals surface area (Å²) < 4.78 is 0. The molecule has 0 radical (unpaired) electrons. The Kier molecular flexibility index (Phi) is 3.88. The zero-order chi connectivity index (χ0) is 13.7. The van der Waals surface area contributed by atoms with Gasteiger partial charge in [-0.1, -0.05) is 66.7 Å². The molecule has 0 fully saturated rings. The molecule has 0 aliphatic heterocycles. The zero-order valence-corrected chi connectivity index (χ0v) is 10.1. The van der Waals surface area contributed by atoms with Gasteiger partial charge in [-0.2, -0.15) is 0 Å². The Morgan fingerprint density at radius 1 is 0.842 bits per heavy atom. The van der Waals surface area contributed by atoms with Crippen molar-refractivity contribution in [3.05, 3.63) is 71.3 Å². The van der Waals surface area contributed by atoms with E-state index in [0.717, 1.165) is 5.56 Å². The average molecular weight is 252 g/mol. The van der Waals surface area contributed by atoms with Crippen molar-refractivity contribution in [3.63, 3.8) is 0 Å². The first kappa shape index (κ1) is 12.8. The highest BCUT2D eigenvalue weighted by Gasteiger charge is 2.16. The minimum atomic E-state index is -1.44. The van der Waals surface area contributed by atoms with Gasteiger partial charge in [-0.05, 0) is 11.1 Å². The average Bonchev–Trinajstić information content (AvgIpc) is 2.45. The van der Waals surface area contributed by atoms with Gasteiger partial charge in [0.05, 0.1) is 0 Å². The molecule has 2 aromatic carbocycles. The van der Waals surface area contributed by atoms with Crippen LogP contribution >= 0.6 is 0 Å². The number of hydrogen-bond donors (Lipinski definition) is 1. The van der Waals surface area contributed by atoms with Gasteiger partial charge in [0, 0.05) is 5.56 Å². The molecule has 2 aromatic rings. The van der Waals surface area contributed by atoms with E-state index in [1.807, 2.05) is 36.4 Å². The fourth-order valence-electron chi connectivity index (χ4n) is 1.71. The first-order valence-electron chi connectivity index (χ1n) is 5.78. The first-order chi connectivity index (χ1) is 9.18. The summed E-state index contributed by atoms with van der Waals surface area (Å²) in [6.07, 6.45) is 3.58. The second-order valence-electron chi connectivity index (χ2n) is 3.97. The van der Waals surface area contributed by atoms with Crippen molar-refractivity contribution < 1.29 is 14.7 Å². The van der Waals surface area contributed by atoms with Crippen LogP contribution in [0.5, 0.6) is 0 Å². The predicted molar refractivity (Wildman–Crippen MR) is 73.8 cm³/mol. The molecule has 0 saturated carbocycles. The fourth-order valence-corrected chi connectivity index (χ4v) is 1.71. The SMILES string of the molecule is O=C(O)C(=O)c1ccccc1C=Cc1ccccc1. The van der Waals surface area contributed by atoms with E-state index in [-0.39, 0.29) is 5.56 Å². The van der Waals surface area contributed by atoms with Gasteiger partial charge < -0.3 is 5.11 Å². The lowest BCUT2D eigenvalue weighted by molar-refractivity contribution is -0.131. The van der Waals surface area contributed by atoms with Gasteiger partial charge in [0.25, 0.3) is 5.78 Å². The van der Waals surface area contributed by atoms with Gasteiger partial charge in [-0.25, -0.2) is 4.79 Å². The molecule has 0 unspecified atom stereocenters. The van der Waals surface area contributed by atoms with Crippen molar-refractivity contribution >= 4 is 23.9 Å². The summed E-state index contributed by atoms with van der Waals surface area (Å²) in [5.41, 5.74) is 1.78. The van der Waals surface area contributed by atoms with Crippen LogP contribution in [0.4, 0.5) is 0 Å². The number of Topliss-reactive ketones (excluding diaryl/α,β-unsaturated/α-hetero) is 1. The largest absolute Gasteiger partial charge is 0.475 e. The third kappa shape index (κ3) is 3.16. The first-order valence-corrected chi connectivity index (χ1v) is 5.78. The number of carbonyl (C=O) groups is 2. The number of rotatable bonds is 4. The second kappa shape index (κ2) is 5.78. The number of carbonyl (C=O) groups excluding carboxylic acids is 1. The maximum Gasteiger partial charge on any atom is 0.377 e. The Bertz CT molecular complexity index is 627. The van der Waals surface area contributed by atoms with Crippen LogP contribution in [0.1, 0.15) is 21.5 Å². The molecule has 0 spiro atoms. The summed E-state index contributed by atoms with van der Waals surface area (Å²) >= 11 is 0. The van der Waals surface area contributed by atoms with E-state index in [1.165, 1.54) is 6.07 Å². The molecule has 94 valence electrons. The lowest BCUT2D eigenvalue weighted by atomic mass is 10.0. The molecule has 0 heterocycles. The van der Waals surface area contributed by atoms with E-state index >= 15 is 0 Å². The van der Waals surface area contributed by atoms with Crippen LogP contribution in [0.25, 0.3) is 12.2 Å². The van der Waals surface area contributed by atoms with Gasteiger partial charge in [-0.15, -0.1) is 0 Å². The minimum Gasteiger partial charge on any atom is -0.475 e. The smallest absolute Gasteiger partial charge is 0.377 e. The van der Waals surface area contributed by atoms with E-state index in [4.69, 9.17) is 5.11 Å². The molecule has 2 rings (SSSR count). The Morgan fingerprint density at radius 2 is 1.47 bits per heavy atom. The molecule has 0 aliphatic carbocycles. The van der Waals surface area contributed by atoms with E-state index in [0.29, 0.717) is 5.56 Å². The van der Waals surface area contributed by atoms with Crippen LogP contribution in [-0.2, 0) is 4.79 Å². The molecular weight excluding hydrogens is 240 g/mol. The van der Waals surface area contributed by atoms with Gasteiger partial charge in [0.15, 0.2) is 0 Å². The summed E-state index contributed by atoms with van der Waals surface area (Å²) in [6.45, 7) is 0. The Labute approximate surface area is 110 Å². The monoisotopic (exact) mass is 252 g/mol. The summed E-state index contributed by atoms with van der Waals surface area (Å²) in [4.78, 5) is 22.3. The number of benzene rings is 2. The highest BCUT2D eigenvalue weighted by molar-refractivity contribution is 6.40. The number of ketones is 1. The lowest BCUT2D eigenvalue weighted by Crippen LogP contribution is -2.13. The highest BCUT2D eigenvalue weighted by Crippen LogP contribution is 2.14. The quantitative estimate of drug-likeness (QED) is 0.516. The van der Waals surface area contributed by atoms with Crippen LogP contribution in [0.3, 0.4) is 0 Å². The molecule has 0 aliphatic rings. The normalized spacial score (nSPS) is 10.5. The van der Waals surface area contributed by atoms with Crippen molar-refractivity contribution in [2.45, 2.75) is 0 Å². The second-order valence-corrected chi connectivity index (χ2v) is 3.97. The maximum absolute atomic E-state index is 11.5. The number of carboxylic acids is 1. The standard InChI is InChI=1S/C16H12O3/c17-15(16(18)19)14-9-5-4-8-13(14)11-10-12-6-2-1-3-7-12/h1-11H,(H,18,19). The fraction of sp³-hybridized carbons (Fsp3) is 0. The van der Waals surface area contributed by atoms with Gasteiger partial charge in [-0.3, -0.25) is 4.79 Å². The van der Waals surface area contributed by atoms with Crippen molar-refractivity contribution in [3.8, 4) is 0 Å². The topological polar surface area (TPSA) is 54.4 Å². The molecule has 0 saturated heterocycles. The zero-order valence-electron chi connectivity index (χ0n) is 10.1. The molecule has 1 N–H and O–H groups in total. The third-order valence-corrected chi connectivity index (χ3v) is 2.65. The number of carboxylic acid groups (broad SMARTS) is 1. The van der Waals surface area contributed by atoms with Gasteiger partial charge >= 0.3 is 5.97 Å². The molecule has 0 aromatic heterocycles. The molecule has 0 atom stereocenters. The number of hydrogen-bond acceptors (Lipinski definition) is 2. The summed E-state index contributed by atoms with van der Waals surface area (Å²) in [5.74, 6) is -2.34. The van der Waals surface area contributed by atoms with Gasteiger partial charge in [0.2, 0.25) is 0 Å². The lowest BCUT2D eigenvalue weighted by Gasteiger charge is -2.01. The Hall–Kier alpha value is -2.68.